The van der Waals surface area contributed by atoms with Gasteiger partial charge in [0.1, 0.15) is 5.75 Å². The molecule has 1 saturated heterocycles. The summed E-state index contributed by atoms with van der Waals surface area (Å²) in [6, 6.07) is 6.56. The molecule has 3 N–H and O–H groups in total. The van der Waals surface area contributed by atoms with E-state index >= 15 is 0 Å². The highest BCUT2D eigenvalue weighted by Gasteiger charge is 2.13. The van der Waals surface area contributed by atoms with Crippen LogP contribution in [0.25, 0.3) is 0 Å². The van der Waals surface area contributed by atoms with Crippen LogP contribution in [0.1, 0.15) is 13.3 Å². The average Bonchev–Trinajstić information content (AvgIpc) is 2.53. The molecule has 2 rings (SSSR count). The van der Waals surface area contributed by atoms with Gasteiger partial charge in [-0.1, -0.05) is 6.92 Å². The zero-order chi connectivity index (χ0) is 14.4. The molecule has 4 nitrogen and oxygen atoms in total. The van der Waals surface area contributed by atoms with Gasteiger partial charge in [0.25, 0.3) is 0 Å². The Kier molecular flexibility index (Phi) is 5.86. The number of anilines is 2. The summed E-state index contributed by atoms with van der Waals surface area (Å²) in [5, 5.41) is 3.37. The Morgan fingerprint density at radius 2 is 2.15 bits per heavy atom. The lowest BCUT2D eigenvalue weighted by molar-refractivity contribution is 0.416. The monoisotopic (exact) mass is 295 g/mol. The molecule has 112 valence electrons. The minimum absolute atomic E-state index is 0.179. The van der Waals surface area contributed by atoms with Crippen LogP contribution >= 0.6 is 11.8 Å². The first-order valence-corrected chi connectivity index (χ1v) is 8.40. The predicted octanol–water partition coefficient (Wildman–Crippen LogP) is 2.40. The highest BCUT2D eigenvalue weighted by molar-refractivity contribution is 7.99. The van der Waals surface area contributed by atoms with Crippen molar-refractivity contribution in [3.63, 3.8) is 0 Å². The van der Waals surface area contributed by atoms with E-state index in [1.54, 1.807) is 7.11 Å². The number of nitrogens with zero attached hydrogens (tertiary/aromatic N) is 1. The van der Waals surface area contributed by atoms with Crippen molar-refractivity contribution < 1.29 is 4.74 Å². The van der Waals surface area contributed by atoms with Crippen molar-refractivity contribution in [1.82, 2.24) is 0 Å². The summed E-state index contributed by atoms with van der Waals surface area (Å²) in [7, 11) is 1.72. The Balaban J connectivity index is 2.06. The third-order valence-corrected chi connectivity index (χ3v) is 4.58. The SMILES string of the molecule is CC[C@H](N)CNc1ccc(N2CCSCC2)cc1OC. The molecule has 0 spiro atoms. The molecule has 0 unspecified atom stereocenters. The standard InChI is InChI=1S/C15H25N3OS/c1-3-12(16)11-17-14-5-4-13(10-15(14)19-2)18-6-8-20-9-7-18/h4-5,10,12,17H,3,6-9,11,16H2,1-2H3/t12-/m0/s1. The lowest BCUT2D eigenvalue weighted by Gasteiger charge is -2.29. The molecular weight excluding hydrogens is 270 g/mol. The molecule has 1 aliphatic heterocycles. The van der Waals surface area contributed by atoms with E-state index < -0.39 is 0 Å². The number of methoxy groups -OCH3 is 1. The molecule has 20 heavy (non-hydrogen) atoms. The normalized spacial score (nSPS) is 16.9. The van der Waals surface area contributed by atoms with Crippen molar-refractivity contribution in [2.24, 2.45) is 5.73 Å². The quantitative estimate of drug-likeness (QED) is 0.844. The summed E-state index contributed by atoms with van der Waals surface area (Å²) in [5.74, 6) is 3.30. The Labute approximate surface area is 126 Å². The van der Waals surface area contributed by atoms with Gasteiger partial charge in [-0.3, -0.25) is 0 Å². The number of nitrogens with two attached hydrogens (primary N) is 1. The zero-order valence-corrected chi connectivity index (χ0v) is 13.2. The summed E-state index contributed by atoms with van der Waals surface area (Å²) in [5.41, 5.74) is 8.21. The summed E-state index contributed by atoms with van der Waals surface area (Å²) in [6.07, 6.45) is 0.971. The maximum Gasteiger partial charge on any atom is 0.144 e. The second kappa shape index (κ2) is 7.64. The van der Waals surface area contributed by atoms with Gasteiger partial charge in [-0.2, -0.15) is 11.8 Å². The van der Waals surface area contributed by atoms with Crippen LogP contribution in [-0.2, 0) is 0 Å². The van der Waals surface area contributed by atoms with E-state index in [0.717, 1.165) is 37.5 Å². The van der Waals surface area contributed by atoms with Crippen LogP contribution in [-0.4, -0.2) is 44.3 Å². The van der Waals surface area contributed by atoms with Crippen LogP contribution in [0.2, 0.25) is 0 Å². The smallest absolute Gasteiger partial charge is 0.144 e. The van der Waals surface area contributed by atoms with Gasteiger partial charge in [0.15, 0.2) is 0 Å². The average molecular weight is 295 g/mol. The number of hydrogen-bond acceptors (Lipinski definition) is 5. The zero-order valence-electron chi connectivity index (χ0n) is 12.4. The number of thioether (sulfide) groups is 1. The summed E-state index contributed by atoms with van der Waals surface area (Å²) in [6.45, 7) is 5.09. The third kappa shape index (κ3) is 3.96. The van der Waals surface area contributed by atoms with E-state index in [9.17, 15) is 0 Å². The fraction of sp³-hybridized carbons (Fsp3) is 0.600. The summed E-state index contributed by atoms with van der Waals surface area (Å²) < 4.78 is 5.51. The van der Waals surface area contributed by atoms with Gasteiger partial charge in [-0.15, -0.1) is 0 Å². The highest BCUT2D eigenvalue weighted by Crippen LogP contribution is 2.30. The predicted molar refractivity (Wildman–Crippen MR) is 89.3 cm³/mol. The molecular formula is C15H25N3OS. The molecule has 0 radical (unpaired) electrons. The maximum atomic E-state index is 5.95. The first-order valence-electron chi connectivity index (χ1n) is 7.24. The molecule has 0 aromatic heterocycles. The molecule has 1 atom stereocenters. The van der Waals surface area contributed by atoms with Crippen LogP contribution in [0.5, 0.6) is 5.75 Å². The Hall–Kier alpha value is -1.07. The van der Waals surface area contributed by atoms with Gasteiger partial charge in [0.2, 0.25) is 0 Å². The lowest BCUT2D eigenvalue weighted by atomic mass is 10.2. The van der Waals surface area contributed by atoms with Gasteiger partial charge in [-0.25, -0.2) is 0 Å². The minimum atomic E-state index is 0.179. The van der Waals surface area contributed by atoms with E-state index in [2.05, 4.69) is 35.3 Å². The Bertz CT molecular complexity index is 422. The first-order chi connectivity index (χ1) is 9.74. The van der Waals surface area contributed by atoms with Crippen LogP contribution in [0.3, 0.4) is 0 Å². The number of ether oxygens (including phenoxy) is 1. The van der Waals surface area contributed by atoms with E-state index in [-0.39, 0.29) is 6.04 Å². The number of rotatable bonds is 6. The second-order valence-corrected chi connectivity index (χ2v) is 6.26. The van der Waals surface area contributed by atoms with E-state index in [4.69, 9.17) is 10.5 Å². The van der Waals surface area contributed by atoms with Crippen LogP contribution in [0, 0.1) is 0 Å². The fourth-order valence-corrected chi connectivity index (χ4v) is 3.13. The molecule has 0 saturated carbocycles. The van der Waals surface area contributed by atoms with E-state index in [0.29, 0.717) is 0 Å². The van der Waals surface area contributed by atoms with Crippen molar-refractivity contribution in [3.05, 3.63) is 18.2 Å². The van der Waals surface area contributed by atoms with E-state index in [1.165, 1.54) is 17.2 Å². The van der Waals surface area contributed by atoms with E-state index in [1.807, 2.05) is 11.8 Å². The Morgan fingerprint density at radius 3 is 2.80 bits per heavy atom. The minimum Gasteiger partial charge on any atom is -0.495 e. The summed E-state index contributed by atoms with van der Waals surface area (Å²) >= 11 is 2.02. The molecule has 0 bridgehead atoms. The molecule has 0 amide bonds. The molecule has 1 aromatic rings. The maximum absolute atomic E-state index is 5.95. The van der Waals surface area contributed by atoms with Gasteiger partial charge >= 0.3 is 0 Å². The number of benzene rings is 1. The van der Waals surface area contributed by atoms with Crippen molar-refractivity contribution in [2.75, 3.05) is 48.5 Å². The molecule has 1 aliphatic rings. The van der Waals surface area contributed by atoms with Crippen molar-refractivity contribution in [1.29, 1.82) is 0 Å². The summed E-state index contributed by atoms with van der Waals surface area (Å²) in [4.78, 5) is 2.42. The number of nitrogens with one attached hydrogen (secondary N) is 1. The van der Waals surface area contributed by atoms with Crippen molar-refractivity contribution in [3.8, 4) is 5.75 Å². The van der Waals surface area contributed by atoms with Gasteiger partial charge in [0.05, 0.1) is 12.8 Å². The van der Waals surface area contributed by atoms with Crippen LogP contribution < -0.4 is 20.7 Å². The van der Waals surface area contributed by atoms with Gasteiger partial charge in [-0.05, 0) is 18.6 Å². The second-order valence-electron chi connectivity index (χ2n) is 5.03. The molecule has 0 aliphatic carbocycles. The van der Waals surface area contributed by atoms with Crippen molar-refractivity contribution in [2.45, 2.75) is 19.4 Å². The molecule has 1 heterocycles. The fourth-order valence-electron chi connectivity index (χ4n) is 2.23. The van der Waals surface area contributed by atoms with Gasteiger partial charge in [0, 0.05) is 48.9 Å². The largest absolute Gasteiger partial charge is 0.495 e. The lowest BCUT2D eigenvalue weighted by Crippen LogP contribution is -2.32. The topological polar surface area (TPSA) is 50.5 Å². The molecule has 5 heteroatoms. The molecule has 1 aromatic carbocycles. The van der Waals surface area contributed by atoms with Crippen LogP contribution in [0.15, 0.2) is 18.2 Å². The Morgan fingerprint density at radius 1 is 1.40 bits per heavy atom. The third-order valence-electron chi connectivity index (χ3n) is 3.64. The van der Waals surface area contributed by atoms with Crippen molar-refractivity contribution >= 4 is 23.1 Å². The highest BCUT2D eigenvalue weighted by atomic mass is 32.2. The van der Waals surface area contributed by atoms with Gasteiger partial charge < -0.3 is 20.7 Å². The molecule has 1 fully saturated rings. The number of hydrogen-bond donors (Lipinski definition) is 2. The van der Waals surface area contributed by atoms with Crippen LogP contribution in [0.4, 0.5) is 11.4 Å². The first kappa shape index (κ1) is 15.3.